The smallest absolute Gasteiger partial charge is 0.222 e. The Morgan fingerprint density at radius 1 is 0.571 bits per heavy atom. The lowest BCUT2D eigenvalue weighted by Crippen LogP contribution is -2.56. The van der Waals surface area contributed by atoms with Crippen LogP contribution in [0, 0.1) is 0 Å². The highest BCUT2D eigenvalue weighted by atomic mass is 16.2. The maximum Gasteiger partial charge on any atom is 0.222 e. The molecule has 0 aromatic carbocycles. The van der Waals surface area contributed by atoms with Crippen molar-refractivity contribution in [3.8, 4) is 0 Å². The second-order valence-electron chi connectivity index (χ2n) is 10.1. The van der Waals surface area contributed by atoms with Gasteiger partial charge in [-0.2, -0.15) is 0 Å². The van der Waals surface area contributed by atoms with Gasteiger partial charge in [0.25, 0.3) is 0 Å². The molecular weight excluding hydrogens is 352 g/mol. The average Bonchev–Trinajstić information content (AvgIpc) is 2.63. The monoisotopic (exact) mass is 396 g/mol. The molecule has 2 fully saturated rings. The van der Waals surface area contributed by atoms with Gasteiger partial charge in [0.1, 0.15) is 0 Å². The topological polar surface area (TPSA) is 40.6 Å². The fourth-order valence-electron chi connectivity index (χ4n) is 4.09. The molecule has 0 aromatic heterocycles. The summed E-state index contributed by atoms with van der Waals surface area (Å²) < 4.78 is 2.06. The first-order valence-corrected chi connectivity index (χ1v) is 11.4. The molecule has 0 spiro atoms. The molecule has 2 heterocycles. The number of hydrogen-bond acceptors (Lipinski definition) is 2. The summed E-state index contributed by atoms with van der Waals surface area (Å²) in [5, 5.41) is 0. The summed E-state index contributed by atoms with van der Waals surface area (Å²) in [5.74, 6) is 0.683. The molecule has 0 aromatic rings. The molecule has 2 aliphatic rings. The van der Waals surface area contributed by atoms with Crippen LogP contribution in [0.5, 0.6) is 0 Å². The van der Waals surface area contributed by atoms with Gasteiger partial charge < -0.3 is 18.8 Å². The average molecular weight is 397 g/mol. The van der Waals surface area contributed by atoms with Crippen molar-refractivity contribution in [2.24, 2.45) is 0 Å². The summed E-state index contributed by atoms with van der Waals surface area (Å²) in [7, 11) is 8.95. The first-order chi connectivity index (χ1) is 13.2. The minimum atomic E-state index is 0.341. The highest BCUT2D eigenvalue weighted by molar-refractivity contribution is 5.76. The first kappa shape index (κ1) is 23.1. The molecule has 2 aliphatic heterocycles. The van der Waals surface area contributed by atoms with Crippen molar-refractivity contribution >= 4 is 11.8 Å². The Labute approximate surface area is 172 Å². The Bertz CT molecular complexity index is 453. The number of carbonyl (C=O) groups excluding carboxylic acids is 2. The van der Waals surface area contributed by atoms with Crippen LogP contribution in [0.4, 0.5) is 0 Å². The minimum Gasteiger partial charge on any atom is -0.331 e. The van der Waals surface area contributed by atoms with Gasteiger partial charge in [0.15, 0.2) is 0 Å². The molecule has 0 N–H and O–H groups in total. The van der Waals surface area contributed by atoms with E-state index in [4.69, 9.17) is 0 Å². The molecule has 2 amide bonds. The van der Waals surface area contributed by atoms with Crippen molar-refractivity contribution in [1.82, 2.24) is 9.80 Å². The van der Waals surface area contributed by atoms with E-state index in [1.807, 2.05) is 0 Å². The zero-order chi connectivity index (χ0) is 20.6. The van der Waals surface area contributed by atoms with Crippen molar-refractivity contribution in [3.05, 3.63) is 0 Å². The highest BCUT2D eigenvalue weighted by Gasteiger charge is 2.27. The SMILES string of the molecule is C[N+]1(C)CCN(C(=O)CCCCCCCCC(=O)N2CC[N+](C)(C)CC2)CC1. The molecule has 6 heteroatoms. The van der Waals surface area contributed by atoms with E-state index in [2.05, 4.69) is 38.0 Å². The van der Waals surface area contributed by atoms with Crippen LogP contribution in [0.25, 0.3) is 0 Å². The van der Waals surface area contributed by atoms with Gasteiger partial charge in [-0.3, -0.25) is 9.59 Å². The number of quaternary nitrogens is 2. The minimum absolute atomic E-state index is 0.341. The van der Waals surface area contributed by atoms with E-state index >= 15 is 0 Å². The lowest BCUT2D eigenvalue weighted by atomic mass is 10.1. The largest absolute Gasteiger partial charge is 0.331 e. The first-order valence-electron chi connectivity index (χ1n) is 11.4. The van der Waals surface area contributed by atoms with Crippen LogP contribution < -0.4 is 0 Å². The maximum atomic E-state index is 12.3. The van der Waals surface area contributed by atoms with E-state index in [1.165, 1.54) is 12.8 Å². The lowest BCUT2D eigenvalue weighted by molar-refractivity contribution is -0.894. The molecular formula is C22H44N4O2+2. The van der Waals surface area contributed by atoms with Crippen molar-refractivity contribution in [2.45, 2.75) is 51.4 Å². The van der Waals surface area contributed by atoms with E-state index in [0.717, 1.165) is 87.0 Å². The van der Waals surface area contributed by atoms with Gasteiger partial charge in [0.05, 0.1) is 80.5 Å². The van der Waals surface area contributed by atoms with E-state index in [0.29, 0.717) is 24.7 Å². The predicted molar refractivity (Wildman–Crippen MR) is 114 cm³/mol. The lowest BCUT2D eigenvalue weighted by Gasteiger charge is -2.39. The molecule has 6 nitrogen and oxygen atoms in total. The summed E-state index contributed by atoms with van der Waals surface area (Å²) in [4.78, 5) is 28.7. The Kier molecular flexibility index (Phi) is 8.75. The zero-order valence-electron chi connectivity index (χ0n) is 18.9. The molecule has 0 atom stereocenters. The molecule has 0 saturated carbocycles. The number of piperazine rings is 2. The summed E-state index contributed by atoms with van der Waals surface area (Å²) >= 11 is 0. The highest BCUT2D eigenvalue weighted by Crippen LogP contribution is 2.14. The molecule has 2 rings (SSSR count). The Morgan fingerprint density at radius 3 is 1.18 bits per heavy atom. The van der Waals surface area contributed by atoms with E-state index < -0.39 is 0 Å². The number of unbranched alkanes of at least 4 members (excludes halogenated alkanes) is 5. The normalized spacial score (nSPS) is 21.6. The van der Waals surface area contributed by atoms with Crippen molar-refractivity contribution < 1.29 is 18.6 Å². The number of nitrogens with zero attached hydrogens (tertiary/aromatic N) is 4. The number of hydrogen-bond donors (Lipinski definition) is 0. The fourth-order valence-corrected chi connectivity index (χ4v) is 4.09. The third kappa shape index (κ3) is 8.08. The second kappa shape index (κ2) is 10.6. The molecule has 0 bridgehead atoms. The van der Waals surface area contributed by atoms with Gasteiger partial charge in [-0.25, -0.2) is 0 Å². The Morgan fingerprint density at radius 2 is 0.857 bits per heavy atom. The maximum absolute atomic E-state index is 12.3. The summed E-state index contributed by atoms with van der Waals surface area (Å²) in [5.41, 5.74) is 0. The molecule has 0 unspecified atom stereocenters. The summed E-state index contributed by atoms with van der Waals surface area (Å²) in [6.07, 6.45) is 8.05. The summed E-state index contributed by atoms with van der Waals surface area (Å²) in [6, 6.07) is 0. The zero-order valence-corrected chi connectivity index (χ0v) is 18.9. The third-order valence-corrected chi connectivity index (χ3v) is 6.64. The van der Waals surface area contributed by atoms with Gasteiger partial charge in [-0.05, 0) is 12.8 Å². The van der Waals surface area contributed by atoms with Gasteiger partial charge >= 0.3 is 0 Å². The summed E-state index contributed by atoms with van der Waals surface area (Å²) in [6.45, 7) is 7.91. The van der Waals surface area contributed by atoms with Gasteiger partial charge in [-0.15, -0.1) is 0 Å². The second-order valence-corrected chi connectivity index (χ2v) is 10.1. The van der Waals surface area contributed by atoms with Crippen molar-refractivity contribution in [2.75, 3.05) is 80.5 Å². The van der Waals surface area contributed by atoms with Crippen LogP contribution in [0.15, 0.2) is 0 Å². The third-order valence-electron chi connectivity index (χ3n) is 6.64. The van der Waals surface area contributed by atoms with Crippen molar-refractivity contribution in [1.29, 1.82) is 0 Å². The molecule has 2 saturated heterocycles. The van der Waals surface area contributed by atoms with Crippen LogP contribution in [-0.4, -0.2) is 111 Å². The molecule has 0 radical (unpaired) electrons. The van der Waals surface area contributed by atoms with E-state index in [9.17, 15) is 9.59 Å². The van der Waals surface area contributed by atoms with Crippen LogP contribution in [-0.2, 0) is 9.59 Å². The number of carbonyl (C=O) groups is 2. The fraction of sp³-hybridized carbons (Fsp3) is 0.909. The number of amides is 2. The Hall–Kier alpha value is -1.14. The Balaban J connectivity index is 1.43. The predicted octanol–water partition coefficient (Wildman–Crippen LogP) is 1.94. The van der Waals surface area contributed by atoms with E-state index in [1.54, 1.807) is 0 Å². The molecule has 0 aliphatic carbocycles. The van der Waals surface area contributed by atoms with Crippen LogP contribution in [0.1, 0.15) is 51.4 Å². The van der Waals surface area contributed by atoms with Crippen molar-refractivity contribution in [3.63, 3.8) is 0 Å². The molecule has 28 heavy (non-hydrogen) atoms. The van der Waals surface area contributed by atoms with Gasteiger partial charge in [0.2, 0.25) is 11.8 Å². The number of rotatable bonds is 9. The standard InChI is InChI=1S/C22H44N4O2/c1-25(2)17-13-23(14-18-25)21(27)11-9-7-5-6-8-10-12-22(28)24-15-19-26(3,4)20-16-24/h5-20H2,1-4H3/q+2. The molecule has 162 valence electrons. The van der Waals surface area contributed by atoms with E-state index in [-0.39, 0.29) is 0 Å². The van der Waals surface area contributed by atoms with Crippen LogP contribution >= 0.6 is 0 Å². The number of likely N-dealkylation sites (N-methyl/N-ethyl adjacent to an activating group) is 2. The van der Waals surface area contributed by atoms with Crippen LogP contribution in [0.3, 0.4) is 0 Å². The van der Waals surface area contributed by atoms with Gasteiger partial charge in [0, 0.05) is 12.8 Å². The van der Waals surface area contributed by atoms with Crippen LogP contribution in [0.2, 0.25) is 0 Å². The van der Waals surface area contributed by atoms with Gasteiger partial charge in [-0.1, -0.05) is 25.7 Å². The quantitative estimate of drug-likeness (QED) is 0.441.